The summed E-state index contributed by atoms with van der Waals surface area (Å²) in [5.74, 6) is 0.296. The third-order valence-corrected chi connectivity index (χ3v) is 5.00. The van der Waals surface area contributed by atoms with E-state index in [0.717, 1.165) is 37.4 Å². The number of hydrogen-bond donors (Lipinski definition) is 0. The Hall–Kier alpha value is -2.29. The van der Waals surface area contributed by atoms with E-state index in [2.05, 4.69) is 4.57 Å². The van der Waals surface area contributed by atoms with Crippen LogP contribution in [0.3, 0.4) is 0 Å². The van der Waals surface area contributed by atoms with Crippen molar-refractivity contribution in [3.05, 3.63) is 51.8 Å². The molecule has 3 rings (SSSR count). The first kappa shape index (κ1) is 18.5. The van der Waals surface area contributed by atoms with Crippen molar-refractivity contribution in [2.24, 2.45) is 0 Å². The van der Waals surface area contributed by atoms with Crippen molar-refractivity contribution in [2.45, 2.75) is 39.3 Å². The molecule has 26 heavy (non-hydrogen) atoms. The van der Waals surface area contributed by atoms with Gasteiger partial charge in [0.15, 0.2) is 6.61 Å². The van der Waals surface area contributed by atoms with Crippen LogP contribution < -0.4 is 4.74 Å². The summed E-state index contributed by atoms with van der Waals surface area (Å²) in [6.07, 6.45) is 2.37. The van der Waals surface area contributed by atoms with Gasteiger partial charge in [-0.15, -0.1) is 0 Å². The van der Waals surface area contributed by atoms with Crippen LogP contribution in [-0.4, -0.2) is 29.7 Å². The number of halogens is 1. The predicted octanol–water partition coefficient (Wildman–Crippen LogP) is 4.07. The quantitative estimate of drug-likeness (QED) is 0.717. The van der Waals surface area contributed by atoms with Crippen molar-refractivity contribution in [2.75, 3.05) is 13.2 Å². The summed E-state index contributed by atoms with van der Waals surface area (Å²) in [7, 11) is 0. The fourth-order valence-electron chi connectivity index (χ4n) is 3.26. The molecule has 0 spiro atoms. The molecule has 1 saturated heterocycles. The fourth-order valence-corrected chi connectivity index (χ4v) is 3.50. The molecule has 1 aromatic heterocycles. The van der Waals surface area contributed by atoms with Crippen molar-refractivity contribution in [1.82, 2.24) is 4.57 Å². The molecule has 1 atom stereocenters. The normalized spacial score (nSPS) is 16.5. The predicted molar refractivity (Wildman–Crippen MR) is 98.9 cm³/mol. The zero-order valence-electron chi connectivity index (χ0n) is 14.9. The van der Waals surface area contributed by atoms with E-state index in [-0.39, 0.29) is 18.5 Å². The van der Waals surface area contributed by atoms with E-state index < -0.39 is 0 Å². The fraction of sp³-hybridized carbons (Fsp3) is 0.400. The largest absolute Gasteiger partial charge is 0.484 e. The molecular weight excluding hydrogens is 352 g/mol. The van der Waals surface area contributed by atoms with E-state index >= 15 is 0 Å². The molecule has 0 radical (unpaired) electrons. The first-order valence-corrected chi connectivity index (χ1v) is 9.01. The molecule has 1 aliphatic heterocycles. The minimum atomic E-state index is -0.101. The molecule has 136 valence electrons. The van der Waals surface area contributed by atoms with Crippen LogP contribution in [0, 0.1) is 25.2 Å². The van der Waals surface area contributed by atoms with Crippen molar-refractivity contribution < 1.29 is 14.3 Å². The van der Waals surface area contributed by atoms with E-state index in [9.17, 15) is 4.79 Å². The second kappa shape index (κ2) is 7.94. The van der Waals surface area contributed by atoms with Gasteiger partial charge in [0.25, 0.3) is 0 Å². The third kappa shape index (κ3) is 3.92. The molecule has 2 aromatic rings. The summed E-state index contributed by atoms with van der Waals surface area (Å²) < 4.78 is 13.4. The highest BCUT2D eigenvalue weighted by atomic mass is 35.5. The second-order valence-electron chi connectivity index (χ2n) is 6.50. The van der Waals surface area contributed by atoms with Crippen LogP contribution in [0.15, 0.2) is 24.3 Å². The minimum Gasteiger partial charge on any atom is -0.484 e. The summed E-state index contributed by atoms with van der Waals surface area (Å²) in [4.78, 5) is 12.6. The Bertz CT molecular complexity index is 861. The van der Waals surface area contributed by atoms with Crippen LogP contribution in [0.5, 0.6) is 5.75 Å². The summed E-state index contributed by atoms with van der Waals surface area (Å²) in [6.45, 7) is 5.43. The van der Waals surface area contributed by atoms with E-state index in [1.54, 1.807) is 12.1 Å². The van der Waals surface area contributed by atoms with Gasteiger partial charge in [0.1, 0.15) is 5.75 Å². The molecule has 1 aromatic carbocycles. The van der Waals surface area contributed by atoms with Gasteiger partial charge in [-0.2, -0.15) is 5.26 Å². The minimum absolute atomic E-state index is 0.0999. The average molecular weight is 373 g/mol. The lowest BCUT2D eigenvalue weighted by atomic mass is 10.1. The molecule has 0 saturated carbocycles. The van der Waals surface area contributed by atoms with Gasteiger partial charge < -0.3 is 14.0 Å². The number of aryl methyl sites for hydroxylation is 1. The molecule has 2 heterocycles. The summed E-state index contributed by atoms with van der Waals surface area (Å²) in [5, 5.41) is 9.19. The van der Waals surface area contributed by atoms with Gasteiger partial charge in [-0.25, -0.2) is 0 Å². The van der Waals surface area contributed by atoms with Crippen LogP contribution in [0.1, 0.15) is 40.2 Å². The number of Topliss-reactive ketones (excluding diaryl/α,β-unsaturated/α-hetero) is 1. The van der Waals surface area contributed by atoms with Gasteiger partial charge in [-0.3, -0.25) is 4.79 Å². The Kier molecular flexibility index (Phi) is 5.65. The van der Waals surface area contributed by atoms with Gasteiger partial charge in [-0.05, 0) is 51.0 Å². The van der Waals surface area contributed by atoms with Gasteiger partial charge >= 0.3 is 0 Å². The highest BCUT2D eigenvalue weighted by molar-refractivity contribution is 6.32. The summed E-state index contributed by atoms with van der Waals surface area (Å²) >= 11 is 6.09. The number of ketones is 1. The lowest BCUT2D eigenvalue weighted by molar-refractivity contribution is 0.0914. The second-order valence-corrected chi connectivity index (χ2v) is 6.91. The van der Waals surface area contributed by atoms with Gasteiger partial charge in [0.2, 0.25) is 5.78 Å². The number of nitriles is 1. The lowest BCUT2D eigenvalue weighted by Gasteiger charge is -2.15. The van der Waals surface area contributed by atoms with Crippen LogP contribution in [0.2, 0.25) is 5.02 Å². The van der Waals surface area contributed by atoms with Crippen molar-refractivity contribution in [1.29, 1.82) is 5.26 Å². The number of aromatic nitrogens is 1. The SMILES string of the molecule is Cc1cc(C(=O)COc2ccc(C#N)cc2Cl)c(C)n1C[C@H]1CCCO1. The Labute approximate surface area is 158 Å². The Balaban J connectivity index is 1.69. The number of hydrogen-bond acceptors (Lipinski definition) is 4. The van der Waals surface area contributed by atoms with Gasteiger partial charge in [-0.1, -0.05) is 11.6 Å². The number of carbonyl (C=O) groups is 1. The van der Waals surface area contributed by atoms with Gasteiger partial charge in [0.05, 0.1) is 22.8 Å². The number of nitrogens with zero attached hydrogens (tertiary/aromatic N) is 2. The van der Waals surface area contributed by atoms with Crippen LogP contribution in [0.25, 0.3) is 0 Å². The number of benzene rings is 1. The third-order valence-electron chi connectivity index (χ3n) is 4.70. The molecule has 0 aliphatic carbocycles. The molecule has 0 amide bonds. The Morgan fingerprint density at radius 3 is 2.88 bits per heavy atom. The van der Waals surface area contributed by atoms with Gasteiger partial charge in [0, 0.05) is 30.1 Å². The Morgan fingerprint density at radius 1 is 1.42 bits per heavy atom. The maximum atomic E-state index is 12.6. The number of carbonyl (C=O) groups excluding carboxylic acids is 1. The smallest absolute Gasteiger partial charge is 0.202 e. The van der Waals surface area contributed by atoms with Crippen LogP contribution in [-0.2, 0) is 11.3 Å². The molecule has 6 heteroatoms. The number of rotatable bonds is 6. The molecule has 1 fully saturated rings. The van der Waals surface area contributed by atoms with Crippen LogP contribution >= 0.6 is 11.6 Å². The van der Waals surface area contributed by atoms with E-state index in [4.69, 9.17) is 26.3 Å². The first-order valence-electron chi connectivity index (χ1n) is 8.63. The molecule has 5 nitrogen and oxygen atoms in total. The standard InChI is InChI=1S/C20H21ClN2O3/c1-13-8-17(14(2)23(13)11-16-4-3-7-25-16)19(24)12-26-20-6-5-15(10-22)9-18(20)21/h5-6,8-9,16H,3-4,7,11-12H2,1-2H3/t16-/m1/s1. The van der Waals surface area contributed by atoms with Crippen molar-refractivity contribution in [3.63, 3.8) is 0 Å². The molecular formula is C20H21ClN2O3. The van der Waals surface area contributed by atoms with Crippen molar-refractivity contribution >= 4 is 17.4 Å². The molecule has 0 N–H and O–H groups in total. The lowest BCUT2D eigenvalue weighted by Crippen LogP contribution is -2.18. The Morgan fingerprint density at radius 2 is 2.23 bits per heavy atom. The topological polar surface area (TPSA) is 64.2 Å². The van der Waals surface area contributed by atoms with E-state index in [0.29, 0.717) is 21.9 Å². The zero-order chi connectivity index (χ0) is 18.7. The first-order chi connectivity index (χ1) is 12.5. The van der Waals surface area contributed by atoms with Crippen LogP contribution in [0.4, 0.5) is 0 Å². The summed E-state index contributed by atoms with van der Waals surface area (Å²) in [5.41, 5.74) is 3.08. The monoisotopic (exact) mass is 372 g/mol. The summed E-state index contributed by atoms with van der Waals surface area (Å²) in [6, 6.07) is 8.65. The van der Waals surface area contributed by atoms with Crippen molar-refractivity contribution in [3.8, 4) is 11.8 Å². The highest BCUT2D eigenvalue weighted by Crippen LogP contribution is 2.26. The van der Waals surface area contributed by atoms with E-state index in [1.165, 1.54) is 6.07 Å². The van der Waals surface area contributed by atoms with E-state index in [1.807, 2.05) is 26.0 Å². The maximum Gasteiger partial charge on any atom is 0.202 e. The number of ether oxygens (including phenoxy) is 2. The zero-order valence-corrected chi connectivity index (χ0v) is 15.7. The molecule has 1 aliphatic rings. The molecule has 0 bridgehead atoms. The highest BCUT2D eigenvalue weighted by Gasteiger charge is 2.21. The average Bonchev–Trinajstić information content (AvgIpc) is 3.24. The molecule has 0 unspecified atom stereocenters. The maximum absolute atomic E-state index is 12.6.